The number of ether oxygens (including phenoxy) is 1. The summed E-state index contributed by atoms with van der Waals surface area (Å²) >= 11 is 0. The van der Waals surface area contributed by atoms with E-state index in [0.717, 1.165) is 29.7 Å². The first-order valence-corrected chi connectivity index (χ1v) is 9.54. The van der Waals surface area contributed by atoms with Gasteiger partial charge < -0.3 is 19.6 Å². The number of carbonyl (C=O) groups excluding carboxylic acids is 2. The van der Waals surface area contributed by atoms with Gasteiger partial charge in [0.25, 0.3) is 5.91 Å². The molecule has 1 aliphatic carbocycles. The van der Waals surface area contributed by atoms with E-state index in [1.165, 1.54) is 11.8 Å². The van der Waals surface area contributed by atoms with E-state index in [1.54, 1.807) is 19.1 Å². The molecule has 2 aromatic rings. The number of aryl methyl sites for hydroxylation is 1. The molecule has 1 saturated heterocycles. The fraction of sp³-hybridized carbons (Fsp3) is 0.429. The van der Waals surface area contributed by atoms with Gasteiger partial charge in [0.1, 0.15) is 5.76 Å². The summed E-state index contributed by atoms with van der Waals surface area (Å²) in [6, 6.07) is 10.9. The maximum atomic E-state index is 12.8. The molecule has 0 bridgehead atoms. The second-order valence-corrected chi connectivity index (χ2v) is 7.52. The SMILES string of the molecule is C[C@]1(c2ccco2)NC(=O)N(C[C@@H](O)CO[C@@H]2CCCc3ccccc32)C1=O. The van der Waals surface area contributed by atoms with Crippen LogP contribution in [0.15, 0.2) is 47.1 Å². The van der Waals surface area contributed by atoms with Gasteiger partial charge in [-0.3, -0.25) is 9.69 Å². The van der Waals surface area contributed by atoms with Gasteiger partial charge in [-0.05, 0) is 49.4 Å². The average molecular weight is 384 g/mol. The van der Waals surface area contributed by atoms with Crippen LogP contribution in [-0.4, -0.2) is 41.2 Å². The first-order chi connectivity index (χ1) is 13.5. The van der Waals surface area contributed by atoms with E-state index in [0.29, 0.717) is 5.76 Å². The zero-order valence-corrected chi connectivity index (χ0v) is 15.8. The number of urea groups is 1. The van der Waals surface area contributed by atoms with Crippen molar-refractivity contribution in [3.63, 3.8) is 0 Å². The number of imide groups is 1. The van der Waals surface area contributed by atoms with Crippen LogP contribution < -0.4 is 5.32 Å². The number of β-amino-alcohol motifs (C(OH)–C–C–N with tert-alkyl or cyclic N) is 1. The third-order valence-electron chi connectivity index (χ3n) is 5.49. The van der Waals surface area contributed by atoms with Gasteiger partial charge in [-0.15, -0.1) is 0 Å². The summed E-state index contributed by atoms with van der Waals surface area (Å²) in [5.41, 5.74) is 1.17. The molecule has 148 valence electrons. The number of aliphatic hydroxyl groups excluding tert-OH is 1. The van der Waals surface area contributed by atoms with Crippen LogP contribution in [0.1, 0.15) is 42.8 Å². The molecule has 0 unspecified atom stereocenters. The monoisotopic (exact) mass is 384 g/mol. The number of nitrogens with one attached hydrogen (secondary N) is 1. The molecule has 0 radical (unpaired) electrons. The lowest BCUT2D eigenvalue weighted by Gasteiger charge is -2.27. The van der Waals surface area contributed by atoms with Crippen molar-refractivity contribution in [1.29, 1.82) is 0 Å². The number of carbonyl (C=O) groups is 2. The Morgan fingerprint density at radius 2 is 2.14 bits per heavy atom. The molecular formula is C21H24N2O5. The summed E-state index contributed by atoms with van der Waals surface area (Å²) in [4.78, 5) is 26.1. The Kier molecular flexibility index (Phi) is 4.95. The first-order valence-electron chi connectivity index (χ1n) is 9.54. The minimum Gasteiger partial charge on any atom is -0.466 e. The Labute approximate surface area is 163 Å². The average Bonchev–Trinajstić information content (AvgIpc) is 3.31. The number of nitrogens with zero attached hydrogens (tertiary/aromatic N) is 1. The van der Waals surface area contributed by atoms with Gasteiger partial charge in [0.05, 0.1) is 31.6 Å². The van der Waals surface area contributed by atoms with Crippen LogP contribution in [0.5, 0.6) is 0 Å². The number of furan rings is 1. The van der Waals surface area contributed by atoms with E-state index in [9.17, 15) is 14.7 Å². The number of fused-ring (bicyclic) bond motifs is 1. The lowest BCUT2D eigenvalue weighted by molar-refractivity contribution is -0.133. The van der Waals surface area contributed by atoms with Gasteiger partial charge in [-0.25, -0.2) is 4.79 Å². The molecule has 2 aliphatic rings. The fourth-order valence-corrected chi connectivity index (χ4v) is 3.97. The lowest BCUT2D eigenvalue weighted by atomic mass is 9.89. The highest BCUT2D eigenvalue weighted by Gasteiger charge is 2.51. The molecule has 2 heterocycles. The predicted molar refractivity (Wildman–Crippen MR) is 100 cm³/mol. The Morgan fingerprint density at radius 3 is 2.93 bits per heavy atom. The van der Waals surface area contributed by atoms with Crippen LogP contribution >= 0.6 is 0 Å². The molecule has 1 aromatic carbocycles. The standard InChI is InChI=1S/C21H24N2O5/c1-21(18-10-5-11-27-18)19(25)23(20(26)22-21)12-15(24)13-28-17-9-4-7-14-6-2-3-8-16(14)17/h2-3,5-6,8,10-11,15,17,24H,4,7,9,12-13H2,1H3,(H,22,26)/t15-,17-,21-/m1/s1. The largest absolute Gasteiger partial charge is 0.466 e. The van der Waals surface area contributed by atoms with E-state index in [4.69, 9.17) is 9.15 Å². The van der Waals surface area contributed by atoms with Gasteiger partial charge in [0, 0.05) is 0 Å². The maximum Gasteiger partial charge on any atom is 0.325 e. The third kappa shape index (κ3) is 3.31. The Hall–Kier alpha value is -2.64. The highest BCUT2D eigenvalue weighted by atomic mass is 16.5. The minimum atomic E-state index is -1.26. The zero-order chi connectivity index (χ0) is 19.7. The first kappa shape index (κ1) is 18.7. The maximum absolute atomic E-state index is 12.8. The zero-order valence-electron chi connectivity index (χ0n) is 15.8. The predicted octanol–water partition coefficient (Wildman–Crippen LogP) is 2.50. The number of aliphatic hydroxyl groups is 1. The molecule has 7 heteroatoms. The van der Waals surface area contributed by atoms with E-state index in [1.807, 2.05) is 12.1 Å². The molecule has 3 amide bonds. The van der Waals surface area contributed by atoms with Gasteiger partial charge in [-0.2, -0.15) is 0 Å². The van der Waals surface area contributed by atoms with Gasteiger partial charge in [0.15, 0.2) is 5.54 Å². The molecule has 1 aliphatic heterocycles. The highest BCUT2D eigenvalue weighted by Crippen LogP contribution is 2.33. The molecule has 2 N–H and O–H groups in total. The van der Waals surface area contributed by atoms with Gasteiger partial charge in [0.2, 0.25) is 0 Å². The van der Waals surface area contributed by atoms with E-state index >= 15 is 0 Å². The van der Waals surface area contributed by atoms with Crippen LogP contribution in [-0.2, 0) is 21.5 Å². The van der Waals surface area contributed by atoms with E-state index in [2.05, 4.69) is 17.4 Å². The molecule has 3 atom stereocenters. The van der Waals surface area contributed by atoms with Crippen molar-refractivity contribution in [2.75, 3.05) is 13.2 Å². The number of amides is 3. The van der Waals surface area contributed by atoms with Crippen molar-refractivity contribution in [2.45, 2.75) is 43.9 Å². The second-order valence-electron chi connectivity index (χ2n) is 7.52. The molecule has 4 rings (SSSR count). The van der Waals surface area contributed by atoms with Crippen molar-refractivity contribution in [3.05, 3.63) is 59.5 Å². The number of hydrogen-bond acceptors (Lipinski definition) is 5. The molecule has 0 saturated carbocycles. The Balaban J connectivity index is 1.38. The summed E-state index contributed by atoms with van der Waals surface area (Å²) in [5.74, 6) is -0.0904. The van der Waals surface area contributed by atoms with Gasteiger partial charge in [-0.1, -0.05) is 24.3 Å². The fourth-order valence-electron chi connectivity index (χ4n) is 3.97. The summed E-state index contributed by atoms with van der Waals surface area (Å²) in [5, 5.41) is 13.1. The van der Waals surface area contributed by atoms with Crippen molar-refractivity contribution in [2.24, 2.45) is 0 Å². The Bertz CT molecular complexity index is 865. The van der Waals surface area contributed by atoms with Crippen molar-refractivity contribution >= 4 is 11.9 Å². The van der Waals surface area contributed by atoms with Crippen molar-refractivity contribution in [1.82, 2.24) is 10.2 Å². The molecule has 28 heavy (non-hydrogen) atoms. The quantitative estimate of drug-likeness (QED) is 0.747. The van der Waals surface area contributed by atoms with Crippen LogP contribution in [0, 0.1) is 0 Å². The van der Waals surface area contributed by atoms with Crippen LogP contribution in [0.4, 0.5) is 4.79 Å². The normalized spacial score (nSPS) is 25.5. The summed E-state index contributed by atoms with van der Waals surface area (Å²) in [6.45, 7) is 1.51. The van der Waals surface area contributed by atoms with Crippen LogP contribution in [0.25, 0.3) is 0 Å². The number of rotatable bonds is 6. The smallest absolute Gasteiger partial charge is 0.325 e. The molecule has 0 spiro atoms. The van der Waals surface area contributed by atoms with Crippen LogP contribution in [0.3, 0.4) is 0 Å². The van der Waals surface area contributed by atoms with E-state index in [-0.39, 0.29) is 19.3 Å². The molecule has 1 fully saturated rings. The molecule has 7 nitrogen and oxygen atoms in total. The third-order valence-corrected chi connectivity index (χ3v) is 5.49. The molecular weight excluding hydrogens is 360 g/mol. The molecule has 1 aromatic heterocycles. The van der Waals surface area contributed by atoms with Gasteiger partial charge >= 0.3 is 6.03 Å². The minimum absolute atomic E-state index is 0.0491. The van der Waals surface area contributed by atoms with Crippen molar-refractivity contribution in [3.8, 4) is 0 Å². The van der Waals surface area contributed by atoms with Crippen molar-refractivity contribution < 1.29 is 23.8 Å². The summed E-state index contributed by atoms with van der Waals surface area (Å²) < 4.78 is 11.2. The summed E-state index contributed by atoms with van der Waals surface area (Å²) in [7, 11) is 0. The number of benzene rings is 1. The highest BCUT2D eigenvalue weighted by molar-refractivity contribution is 6.06. The van der Waals surface area contributed by atoms with E-state index < -0.39 is 23.6 Å². The Morgan fingerprint density at radius 1 is 1.32 bits per heavy atom. The number of hydrogen-bond donors (Lipinski definition) is 2. The second kappa shape index (κ2) is 7.41. The summed E-state index contributed by atoms with van der Waals surface area (Å²) in [6.07, 6.45) is 3.37. The lowest BCUT2D eigenvalue weighted by Crippen LogP contribution is -2.42. The topological polar surface area (TPSA) is 92.0 Å². The van der Waals surface area contributed by atoms with Crippen LogP contribution in [0.2, 0.25) is 0 Å².